The molecule has 0 heterocycles. The van der Waals surface area contributed by atoms with Crippen molar-refractivity contribution in [2.75, 3.05) is 26.8 Å². The molecule has 7 nitrogen and oxygen atoms in total. The molecular formula is C17H29IN4O3. The summed E-state index contributed by atoms with van der Waals surface area (Å²) in [5.41, 5.74) is 1.02. The van der Waals surface area contributed by atoms with Crippen molar-refractivity contribution in [1.29, 1.82) is 0 Å². The fraction of sp³-hybridized carbons (Fsp3) is 0.588. The molecule has 0 radical (unpaired) electrons. The number of guanidine groups is 1. The molecule has 1 aromatic carbocycles. The predicted octanol–water partition coefficient (Wildman–Crippen LogP) is 3.47. The Labute approximate surface area is 166 Å². The molecule has 2 N–H and O–H groups in total. The highest BCUT2D eigenvalue weighted by Gasteiger charge is 2.04. The Balaban J connectivity index is 0.00000576. The molecule has 1 rings (SSSR count). The molecule has 25 heavy (non-hydrogen) atoms. The van der Waals surface area contributed by atoms with E-state index in [2.05, 4.69) is 22.5 Å². The lowest BCUT2D eigenvalue weighted by Crippen LogP contribution is -2.39. The van der Waals surface area contributed by atoms with Crippen LogP contribution in [0.4, 0.5) is 5.69 Å². The van der Waals surface area contributed by atoms with Gasteiger partial charge in [-0.2, -0.15) is 0 Å². The highest BCUT2D eigenvalue weighted by molar-refractivity contribution is 14.0. The van der Waals surface area contributed by atoms with Crippen LogP contribution in [0.5, 0.6) is 0 Å². The third-order valence-corrected chi connectivity index (χ3v) is 3.49. The number of ether oxygens (including phenoxy) is 1. The van der Waals surface area contributed by atoms with E-state index in [1.54, 1.807) is 19.2 Å². The number of halogens is 1. The monoisotopic (exact) mass is 464 g/mol. The Hall–Kier alpha value is -1.42. The maximum atomic E-state index is 10.7. The van der Waals surface area contributed by atoms with Crippen LogP contribution in [-0.4, -0.2) is 37.7 Å². The van der Waals surface area contributed by atoms with Gasteiger partial charge in [0.05, 0.1) is 18.1 Å². The van der Waals surface area contributed by atoms with E-state index in [1.807, 2.05) is 0 Å². The number of nitrogens with one attached hydrogen (secondary N) is 2. The van der Waals surface area contributed by atoms with Crippen LogP contribution in [0.1, 0.15) is 38.2 Å². The second-order valence-electron chi connectivity index (χ2n) is 5.50. The number of nitro groups is 1. The molecule has 1 aromatic rings. The second kappa shape index (κ2) is 14.9. The number of hydrogen-bond donors (Lipinski definition) is 2. The largest absolute Gasteiger partial charge is 0.383 e. The third kappa shape index (κ3) is 10.9. The fourth-order valence-electron chi connectivity index (χ4n) is 2.10. The molecule has 0 aliphatic heterocycles. The van der Waals surface area contributed by atoms with Crippen LogP contribution in [0.15, 0.2) is 29.3 Å². The SMILES string of the molecule is CCCCCCNC(=NCc1ccc([N+](=O)[O-])cc1)NCCOC.I. The van der Waals surface area contributed by atoms with Crippen molar-refractivity contribution >= 4 is 35.6 Å². The van der Waals surface area contributed by atoms with Crippen LogP contribution < -0.4 is 10.6 Å². The van der Waals surface area contributed by atoms with E-state index in [0.29, 0.717) is 19.7 Å². The molecule has 0 fully saturated rings. The van der Waals surface area contributed by atoms with Crippen LogP contribution in [0.25, 0.3) is 0 Å². The van der Waals surface area contributed by atoms with Gasteiger partial charge in [0.25, 0.3) is 5.69 Å². The van der Waals surface area contributed by atoms with Crippen molar-refractivity contribution in [3.63, 3.8) is 0 Å². The standard InChI is InChI=1S/C17H28N4O3.HI/c1-3-4-5-6-11-18-17(19-12-13-24-2)20-14-15-7-9-16(10-8-15)21(22)23;/h7-10H,3-6,11-14H2,1-2H3,(H2,18,19,20);1H. The van der Waals surface area contributed by atoms with Crippen molar-refractivity contribution in [2.24, 2.45) is 4.99 Å². The van der Waals surface area contributed by atoms with E-state index in [1.165, 1.54) is 31.4 Å². The molecule has 142 valence electrons. The Morgan fingerprint density at radius 1 is 1.16 bits per heavy atom. The van der Waals surface area contributed by atoms with Crippen LogP contribution in [0.2, 0.25) is 0 Å². The van der Waals surface area contributed by atoms with E-state index >= 15 is 0 Å². The Bertz CT molecular complexity index is 509. The zero-order chi connectivity index (χ0) is 17.6. The van der Waals surface area contributed by atoms with Gasteiger partial charge in [0, 0.05) is 32.3 Å². The topological polar surface area (TPSA) is 88.8 Å². The smallest absolute Gasteiger partial charge is 0.269 e. The summed E-state index contributed by atoms with van der Waals surface area (Å²) in [5, 5.41) is 17.2. The van der Waals surface area contributed by atoms with Crippen LogP contribution in [-0.2, 0) is 11.3 Å². The minimum Gasteiger partial charge on any atom is -0.383 e. The van der Waals surface area contributed by atoms with Gasteiger partial charge in [-0.25, -0.2) is 4.99 Å². The summed E-state index contributed by atoms with van der Waals surface area (Å²) in [6, 6.07) is 6.47. The van der Waals surface area contributed by atoms with Gasteiger partial charge in [-0.3, -0.25) is 10.1 Å². The van der Waals surface area contributed by atoms with Gasteiger partial charge in [0.1, 0.15) is 0 Å². The van der Waals surface area contributed by atoms with E-state index in [-0.39, 0.29) is 29.7 Å². The molecule has 8 heteroatoms. The van der Waals surface area contributed by atoms with E-state index in [9.17, 15) is 10.1 Å². The predicted molar refractivity (Wildman–Crippen MR) is 112 cm³/mol. The molecular weight excluding hydrogens is 435 g/mol. The number of non-ortho nitro benzene ring substituents is 1. The number of rotatable bonds is 11. The summed E-state index contributed by atoms with van der Waals surface area (Å²) in [7, 11) is 1.66. The Morgan fingerprint density at radius 3 is 2.44 bits per heavy atom. The molecule has 0 bridgehead atoms. The lowest BCUT2D eigenvalue weighted by molar-refractivity contribution is -0.384. The summed E-state index contributed by atoms with van der Waals surface area (Å²) in [5.74, 6) is 0.738. The van der Waals surface area contributed by atoms with Gasteiger partial charge in [-0.15, -0.1) is 24.0 Å². The summed E-state index contributed by atoms with van der Waals surface area (Å²) < 4.78 is 5.04. The lowest BCUT2D eigenvalue weighted by atomic mass is 10.2. The molecule has 0 amide bonds. The molecule has 0 unspecified atom stereocenters. The third-order valence-electron chi connectivity index (χ3n) is 3.49. The molecule has 0 aliphatic rings. The van der Waals surface area contributed by atoms with Gasteiger partial charge < -0.3 is 15.4 Å². The van der Waals surface area contributed by atoms with Crippen LogP contribution in [0, 0.1) is 10.1 Å². The normalized spacial score (nSPS) is 10.9. The van der Waals surface area contributed by atoms with E-state index < -0.39 is 4.92 Å². The zero-order valence-electron chi connectivity index (χ0n) is 15.0. The Kier molecular flexibility index (Phi) is 14.0. The molecule has 0 atom stereocenters. The summed E-state index contributed by atoms with van der Waals surface area (Å²) in [6.45, 7) is 4.82. The summed E-state index contributed by atoms with van der Waals surface area (Å²) in [4.78, 5) is 14.8. The minimum absolute atomic E-state index is 0. The van der Waals surface area contributed by atoms with Gasteiger partial charge in [-0.05, 0) is 12.0 Å². The molecule has 0 saturated heterocycles. The number of benzene rings is 1. The second-order valence-corrected chi connectivity index (χ2v) is 5.50. The van der Waals surface area contributed by atoms with E-state index in [4.69, 9.17) is 4.74 Å². The first-order valence-corrected chi connectivity index (χ1v) is 8.41. The number of hydrogen-bond acceptors (Lipinski definition) is 4. The molecule has 0 aliphatic carbocycles. The summed E-state index contributed by atoms with van der Waals surface area (Å²) in [6.07, 6.45) is 4.77. The first kappa shape index (κ1) is 23.6. The maximum Gasteiger partial charge on any atom is 0.269 e. The Morgan fingerprint density at radius 2 is 1.84 bits per heavy atom. The number of aliphatic imine (C=N–C) groups is 1. The minimum atomic E-state index is -0.400. The zero-order valence-corrected chi connectivity index (χ0v) is 17.3. The first-order chi connectivity index (χ1) is 11.7. The van der Waals surface area contributed by atoms with Gasteiger partial charge in [0.2, 0.25) is 0 Å². The number of nitrogens with zero attached hydrogens (tertiary/aromatic N) is 2. The molecule has 0 aromatic heterocycles. The van der Waals surface area contributed by atoms with Crippen LogP contribution >= 0.6 is 24.0 Å². The highest BCUT2D eigenvalue weighted by Crippen LogP contribution is 2.12. The average Bonchev–Trinajstić information content (AvgIpc) is 2.59. The quantitative estimate of drug-likeness (QED) is 0.131. The average molecular weight is 464 g/mol. The molecule has 0 spiro atoms. The van der Waals surface area contributed by atoms with E-state index in [0.717, 1.165) is 24.5 Å². The number of unbranched alkanes of at least 4 members (excludes halogenated alkanes) is 3. The van der Waals surface area contributed by atoms with Crippen molar-refractivity contribution in [3.8, 4) is 0 Å². The maximum absolute atomic E-state index is 10.7. The van der Waals surface area contributed by atoms with Gasteiger partial charge >= 0.3 is 0 Å². The van der Waals surface area contributed by atoms with Crippen molar-refractivity contribution in [1.82, 2.24) is 10.6 Å². The summed E-state index contributed by atoms with van der Waals surface area (Å²) >= 11 is 0. The highest BCUT2D eigenvalue weighted by atomic mass is 127. The molecule has 0 saturated carbocycles. The van der Waals surface area contributed by atoms with Crippen molar-refractivity contribution in [2.45, 2.75) is 39.2 Å². The van der Waals surface area contributed by atoms with Crippen molar-refractivity contribution < 1.29 is 9.66 Å². The number of nitro benzene ring substituents is 1. The number of methoxy groups -OCH3 is 1. The van der Waals surface area contributed by atoms with Gasteiger partial charge in [0.15, 0.2) is 5.96 Å². The first-order valence-electron chi connectivity index (χ1n) is 8.41. The van der Waals surface area contributed by atoms with Crippen LogP contribution in [0.3, 0.4) is 0 Å². The van der Waals surface area contributed by atoms with Crippen molar-refractivity contribution in [3.05, 3.63) is 39.9 Å². The lowest BCUT2D eigenvalue weighted by Gasteiger charge is -2.12. The fourth-order valence-corrected chi connectivity index (χ4v) is 2.10. The van der Waals surface area contributed by atoms with Gasteiger partial charge in [-0.1, -0.05) is 38.3 Å².